The predicted octanol–water partition coefficient (Wildman–Crippen LogP) is 9.32. The summed E-state index contributed by atoms with van der Waals surface area (Å²) in [6.45, 7) is 20.4. The quantitative estimate of drug-likeness (QED) is 0.160. The molecular formula is C38H50O4. The molecule has 0 amide bonds. The second-order valence-corrected chi connectivity index (χ2v) is 14.6. The number of rotatable bonds is 10. The standard InChI is InChI=1S/C38H50O4/c1-25(2)14-13-15-27(5)20-23-37-24-29(19-18-26(3)4)36(8,9)38(34(37)41,31(39)28-16-11-10-12-17-28)33-30(32(37)40)21-22-35(6,7)42-33/h10-12,16-18,20,29H,1,13-15,19,21-24H2,2-9H3/b27-20+/t29?,37-,38+/m1/s1. The first kappa shape index (κ1) is 31.9. The number of fused-ring (bicyclic) bond motifs is 3. The van der Waals surface area contributed by atoms with Crippen molar-refractivity contribution in [1.82, 2.24) is 0 Å². The highest BCUT2D eigenvalue weighted by molar-refractivity contribution is 6.30. The molecule has 0 aromatic heterocycles. The summed E-state index contributed by atoms with van der Waals surface area (Å²) in [5.41, 5.74) is 0.273. The van der Waals surface area contributed by atoms with Gasteiger partial charge in [0, 0.05) is 11.1 Å². The van der Waals surface area contributed by atoms with Crippen LogP contribution in [-0.2, 0) is 14.3 Å². The van der Waals surface area contributed by atoms with Crippen LogP contribution in [0.4, 0.5) is 0 Å². The molecule has 1 fully saturated rings. The first-order chi connectivity index (χ1) is 19.6. The van der Waals surface area contributed by atoms with Crippen LogP contribution in [0.5, 0.6) is 0 Å². The van der Waals surface area contributed by atoms with Crippen molar-refractivity contribution in [3.8, 4) is 0 Å². The zero-order valence-electron chi connectivity index (χ0n) is 27.1. The fourth-order valence-corrected chi connectivity index (χ4v) is 7.50. The number of benzene rings is 1. The summed E-state index contributed by atoms with van der Waals surface area (Å²) >= 11 is 0. The molecule has 1 unspecified atom stereocenters. The number of ketones is 3. The van der Waals surface area contributed by atoms with Gasteiger partial charge in [0.15, 0.2) is 22.8 Å². The molecule has 1 aromatic rings. The summed E-state index contributed by atoms with van der Waals surface area (Å²) in [4.78, 5) is 45.1. The van der Waals surface area contributed by atoms with Gasteiger partial charge < -0.3 is 4.74 Å². The molecule has 0 saturated heterocycles. The lowest BCUT2D eigenvalue weighted by Crippen LogP contribution is -2.69. The normalized spacial score (nSPS) is 28.1. The largest absolute Gasteiger partial charge is 0.490 e. The van der Waals surface area contributed by atoms with E-state index >= 15 is 9.59 Å². The molecule has 0 radical (unpaired) electrons. The smallest absolute Gasteiger partial charge is 0.184 e. The molecule has 0 N–H and O–H groups in total. The number of carbonyl (C=O) groups excluding carboxylic acids is 3. The Balaban J connectivity index is 1.98. The van der Waals surface area contributed by atoms with Crippen molar-refractivity contribution in [3.05, 3.63) is 82.7 Å². The number of carbonyl (C=O) groups is 3. The van der Waals surface area contributed by atoms with Gasteiger partial charge in [-0.25, -0.2) is 0 Å². The molecule has 42 heavy (non-hydrogen) atoms. The Bertz CT molecular complexity index is 1360. The van der Waals surface area contributed by atoms with Crippen LogP contribution in [0.15, 0.2) is 77.1 Å². The summed E-state index contributed by atoms with van der Waals surface area (Å²) in [5.74, 6) is -0.397. The molecule has 2 aliphatic carbocycles. The maximum atomic E-state index is 15.3. The lowest BCUT2D eigenvalue weighted by Gasteiger charge is -2.61. The van der Waals surface area contributed by atoms with Crippen LogP contribution < -0.4 is 0 Å². The fourth-order valence-electron chi connectivity index (χ4n) is 7.50. The average molecular weight is 571 g/mol. The molecule has 4 nitrogen and oxygen atoms in total. The highest BCUT2D eigenvalue weighted by atomic mass is 16.5. The van der Waals surface area contributed by atoms with Crippen molar-refractivity contribution in [1.29, 1.82) is 0 Å². The highest BCUT2D eigenvalue weighted by Crippen LogP contribution is 2.68. The van der Waals surface area contributed by atoms with Gasteiger partial charge in [0.2, 0.25) is 0 Å². The Labute approximate surface area is 253 Å². The number of hydrogen-bond acceptors (Lipinski definition) is 4. The number of Topliss-reactive ketones (excluding diaryl/α,β-unsaturated/α-hetero) is 3. The van der Waals surface area contributed by atoms with Gasteiger partial charge in [-0.15, -0.1) is 6.58 Å². The Morgan fingerprint density at radius 2 is 1.67 bits per heavy atom. The third-order valence-corrected chi connectivity index (χ3v) is 10.2. The third-order valence-electron chi connectivity index (χ3n) is 10.2. The van der Waals surface area contributed by atoms with E-state index < -0.39 is 21.8 Å². The molecule has 3 aliphatic rings. The predicted molar refractivity (Wildman–Crippen MR) is 170 cm³/mol. The lowest BCUT2D eigenvalue weighted by atomic mass is 9.39. The highest BCUT2D eigenvalue weighted by Gasteiger charge is 2.75. The number of hydrogen-bond donors (Lipinski definition) is 0. The van der Waals surface area contributed by atoms with Crippen LogP contribution in [0.3, 0.4) is 0 Å². The van der Waals surface area contributed by atoms with E-state index in [1.54, 1.807) is 12.1 Å². The molecule has 1 heterocycles. The summed E-state index contributed by atoms with van der Waals surface area (Å²) < 4.78 is 6.68. The molecule has 1 saturated carbocycles. The Morgan fingerprint density at radius 1 is 1.00 bits per heavy atom. The zero-order chi connectivity index (χ0) is 31.1. The van der Waals surface area contributed by atoms with E-state index in [0.717, 1.165) is 30.4 Å². The summed E-state index contributed by atoms with van der Waals surface area (Å²) in [6, 6.07) is 9.13. The summed E-state index contributed by atoms with van der Waals surface area (Å²) in [5, 5.41) is 0. The van der Waals surface area contributed by atoms with Gasteiger partial charge >= 0.3 is 0 Å². The molecule has 1 aromatic carbocycles. The molecular weight excluding hydrogens is 520 g/mol. The van der Waals surface area contributed by atoms with Gasteiger partial charge in [-0.2, -0.15) is 0 Å². The summed E-state index contributed by atoms with van der Waals surface area (Å²) in [7, 11) is 0. The Kier molecular flexibility index (Phi) is 8.80. The van der Waals surface area contributed by atoms with E-state index in [1.807, 2.05) is 39.0 Å². The van der Waals surface area contributed by atoms with Crippen molar-refractivity contribution < 1.29 is 19.1 Å². The first-order valence-electron chi connectivity index (χ1n) is 15.7. The van der Waals surface area contributed by atoms with Gasteiger partial charge in [-0.05, 0) is 104 Å². The molecule has 4 heteroatoms. The van der Waals surface area contributed by atoms with E-state index in [-0.39, 0.29) is 23.3 Å². The van der Waals surface area contributed by atoms with Gasteiger partial charge in [-0.1, -0.05) is 73.1 Å². The molecule has 2 bridgehead atoms. The molecule has 1 aliphatic heterocycles. The van der Waals surface area contributed by atoms with Crippen LogP contribution in [0, 0.1) is 22.2 Å². The van der Waals surface area contributed by atoms with Crippen LogP contribution in [0.2, 0.25) is 0 Å². The maximum absolute atomic E-state index is 15.3. The van der Waals surface area contributed by atoms with Gasteiger partial charge in [0.1, 0.15) is 11.4 Å². The molecule has 3 atom stereocenters. The van der Waals surface area contributed by atoms with Crippen molar-refractivity contribution in [2.75, 3.05) is 0 Å². The van der Waals surface area contributed by atoms with Crippen molar-refractivity contribution in [3.63, 3.8) is 0 Å². The van der Waals surface area contributed by atoms with Crippen LogP contribution >= 0.6 is 0 Å². The molecule has 226 valence electrons. The SMILES string of the molecule is C=C(C)CCC/C(C)=C/C[C@]12CC(CC=C(C)C)C(C)(C)[C@](C(=O)c3ccccc3)(C1=O)C1=C(CCC(C)(C)O1)C2=O. The Hall–Kier alpha value is -3.01. The Morgan fingerprint density at radius 3 is 2.29 bits per heavy atom. The van der Waals surface area contributed by atoms with E-state index in [9.17, 15) is 4.79 Å². The van der Waals surface area contributed by atoms with Crippen molar-refractivity contribution >= 4 is 17.3 Å². The van der Waals surface area contributed by atoms with Crippen molar-refractivity contribution in [2.24, 2.45) is 22.2 Å². The monoisotopic (exact) mass is 570 g/mol. The van der Waals surface area contributed by atoms with Crippen LogP contribution in [0.1, 0.15) is 117 Å². The van der Waals surface area contributed by atoms with Gasteiger partial charge in [0.05, 0.1) is 5.41 Å². The third kappa shape index (κ3) is 5.31. The second kappa shape index (κ2) is 11.6. The minimum Gasteiger partial charge on any atom is -0.490 e. The second-order valence-electron chi connectivity index (χ2n) is 14.6. The topological polar surface area (TPSA) is 60.4 Å². The van der Waals surface area contributed by atoms with Gasteiger partial charge in [-0.3, -0.25) is 14.4 Å². The fraction of sp³-hybridized carbons (Fsp3) is 0.553. The van der Waals surface area contributed by atoms with E-state index in [1.165, 1.54) is 5.57 Å². The van der Waals surface area contributed by atoms with E-state index in [2.05, 4.69) is 53.3 Å². The van der Waals surface area contributed by atoms with Gasteiger partial charge in [0.25, 0.3) is 0 Å². The zero-order valence-corrected chi connectivity index (χ0v) is 27.1. The number of allylic oxidation sites excluding steroid dienone is 7. The van der Waals surface area contributed by atoms with Crippen LogP contribution in [0.25, 0.3) is 0 Å². The number of ether oxygens (including phenoxy) is 1. The van der Waals surface area contributed by atoms with Crippen molar-refractivity contribution in [2.45, 2.75) is 112 Å². The maximum Gasteiger partial charge on any atom is 0.184 e. The summed E-state index contributed by atoms with van der Waals surface area (Å²) in [6.07, 6.45) is 9.72. The lowest BCUT2D eigenvalue weighted by molar-refractivity contribution is -0.170. The minimum atomic E-state index is -1.59. The molecule has 4 rings (SSSR count). The van der Waals surface area contributed by atoms with Crippen LogP contribution in [-0.4, -0.2) is 23.0 Å². The first-order valence-corrected chi connectivity index (χ1v) is 15.7. The van der Waals surface area contributed by atoms with E-state index in [4.69, 9.17) is 4.74 Å². The average Bonchev–Trinajstić information content (AvgIpc) is 2.91. The molecule has 0 spiro atoms. The minimum absolute atomic E-state index is 0.0819. The van der Waals surface area contributed by atoms with E-state index in [0.29, 0.717) is 49.0 Å².